The number of ether oxygens (including phenoxy) is 1. The number of hydrogen-bond donors (Lipinski definition) is 1. The second-order valence-electron chi connectivity index (χ2n) is 5.82. The number of nitrogens with zero attached hydrogens (tertiary/aromatic N) is 1. The van der Waals surface area contributed by atoms with Gasteiger partial charge in [0.25, 0.3) is 0 Å². The summed E-state index contributed by atoms with van der Waals surface area (Å²) in [6, 6.07) is 4.08. The van der Waals surface area contributed by atoms with E-state index in [1.165, 1.54) is 24.3 Å². The van der Waals surface area contributed by atoms with Crippen LogP contribution in [0.1, 0.15) is 37.4 Å². The first-order valence-corrected chi connectivity index (χ1v) is 9.22. The van der Waals surface area contributed by atoms with Crippen molar-refractivity contribution in [2.24, 2.45) is 11.7 Å². The molecule has 0 saturated carbocycles. The molecule has 2 aliphatic heterocycles. The number of thioether (sulfide) groups is 1. The highest BCUT2D eigenvalue weighted by atomic mass is 79.9. The van der Waals surface area contributed by atoms with Crippen LogP contribution in [-0.2, 0) is 4.74 Å². The van der Waals surface area contributed by atoms with Gasteiger partial charge >= 0.3 is 0 Å². The zero-order valence-electron chi connectivity index (χ0n) is 11.6. The minimum atomic E-state index is 0.0263. The van der Waals surface area contributed by atoms with Gasteiger partial charge in [0.1, 0.15) is 0 Å². The average molecular weight is 357 g/mol. The molecule has 3 nitrogen and oxygen atoms in total. The lowest BCUT2D eigenvalue weighted by molar-refractivity contribution is -0.106. The molecule has 2 aliphatic rings. The van der Waals surface area contributed by atoms with Crippen molar-refractivity contribution in [2.45, 2.75) is 37.3 Å². The molecule has 2 unspecified atom stereocenters. The third-order valence-electron chi connectivity index (χ3n) is 4.53. The van der Waals surface area contributed by atoms with Gasteiger partial charge in [0.05, 0.1) is 17.3 Å². The lowest BCUT2D eigenvalue weighted by Crippen LogP contribution is -2.45. The van der Waals surface area contributed by atoms with Crippen LogP contribution in [-0.4, -0.2) is 28.7 Å². The Balaban J connectivity index is 1.71. The van der Waals surface area contributed by atoms with E-state index in [-0.39, 0.29) is 11.6 Å². The molecule has 0 amide bonds. The Morgan fingerprint density at radius 2 is 2.20 bits per heavy atom. The molecule has 3 heterocycles. The van der Waals surface area contributed by atoms with Gasteiger partial charge in [0.2, 0.25) is 0 Å². The van der Waals surface area contributed by atoms with E-state index in [4.69, 9.17) is 10.5 Å². The van der Waals surface area contributed by atoms with Gasteiger partial charge in [-0.1, -0.05) is 0 Å². The van der Waals surface area contributed by atoms with E-state index in [2.05, 4.69) is 20.9 Å². The Bertz CT molecular complexity index is 442. The summed E-state index contributed by atoms with van der Waals surface area (Å²) in [6.45, 7) is 0.847. The van der Waals surface area contributed by atoms with Crippen LogP contribution < -0.4 is 5.73 Å². The fourth-order valence-electron chi connectivity index (χ4n) is 3.29. The molecule has 0 radical (unpaired) electrons. The Morgan fingerprint density at radius 3 is 2.90 bits per heavy atom. The average Bonchev–Trinajstić information content (AvgIpc) is 2.48. The van der Waals surface area contributed by atoms with E-state index in [1.54, 1.807) is 0 Å². The van der Waals surface area contributed by atoms with Gasteiger partial charge in [-0.25, -0.2) is 0 Å². The lowest BCUT2D eigenvalue weighted by atomic mass is 9.78. The number of hydrogen-bond acceptors (Lipinski definition) is 4. The highest BCUT2D eigenvalue weighted by Gasteiger charge is 2.40. The quantitative estimate of drug-likeness (QED) is 0.880. The number of aromatic nitrogens is 1. The normalized spacial score (nSPS) is 27.4. The number of pyridine rings is 1. The maximum atomic E-state index is 6.47. The highest BCUT2D eigenvalue weighted by Crippen LogP contribution is 2.42. The monoisotopic (exact) mass is 356 g/mol. The second-order valence-corrected chi connectivity index (χ2v) is 7.96. The predicted octanol–water partition coefficient (Wildman–Crippen LogP) is 3.54. The number of nitrogens with two attached hydrogens (primary N) is 1. The number of halogens is 1. The van der Waals surface area contributed by atoms with Crippen LogP contribution in [0.4, 0.5) is 0 Å². The highest BCUT2D eigenvalue weighted by molar-refractivity contribution is 9.10. The van der Waals surface area contributed by atoms with Crippen LogP contribution in [0.5, 0.6) is 0 Å². The van der Waals surface area contributed by atoms with Gasteiger partial charge < -0.3 is 10.5 Å². The Morgan fingerprint density at radius 1 is 1.40 bits per heavy atom. The SMILES string of the molecule is NC(c1ccc(Br)cn1)C1CCOC2(CCSCC2)C1. The van der Waals surface area contributed by atoms with Crippen LogP contribution >= 0.6 is 27.7 Å². The van der Waals surface area contributed by atoms with E-state index >= 15 is 0 Å². The van der Waals surface area contributed by atoms with Crippen molar-refractivity contribution < 1.29 is 4.74 Å². The summed E-state index contributed by atoms with van der Waals surface area (Å²) < 4.78 is 7.15. The Kier molecular flexibility index (Phi) is 4.70. The zero-order chi connectivity index (χ0) is 14.0. The molecule has 2 atom stereocenters. The molecule has 0 aromatic carbocycles. The summed E-state index contributed by atoms with van der Waals surface area (Å²) >= 11 is 5.46. The minimum Gasteiger partial charge on any atom is -0.375 e. The lowest BCUT2D eigenvalue weighted by Gasteiger charge is -2.44. The fourth-order valence-corrected chi connectivity index (χ4v) is 4.76. The molecular weight excluding hydrogens is 336 g/mol. The first-order valence-electron chi connectivity index (χ1n) is 7.27. The maximum absolute atomic E-state index is 6.47. The maximum Gasteiger partial charge on any atom is 0.0701 e. The van der Waals surface area contributed by atoms with Crippen LogP contribution in [0.15, 0.2) is 22.8 Å². The molecule has 3 rings (SSSR count). The fraction of sp³-hybridized carbons (Fsp3) is 0.667. The first kappa shape index (κ1) is 14.8. The second kappa shape index (κ2) is 6.34. The third kappa shape index (κ3) is 3.21. The van der Waals surface area contributed by atoms with Gasteiger partial charge in [-0.05, 0) is 71.2 Å². The van der Waals surface area contributed by atoms with E-state index in [0.717, 1.165) is 29.6 Å². The molecule has 2 saturated heterocycles. The summed E-state index contributed by atoms with van der Waals surface area (Å²) in [5.74, 6) is 2.93. The van der Waals surface area contributed by atoms with E-state index in [9.17, 15) is 0 Å². The van der Waals surface area contributed by atoms with Gasteiger partial charge in [0.15, 0.2) is 0 Å². The van der Waals surface area contributed by atoms with Crippen molar-refractivity contribution in [3.63, 3.8) is 0 Å². The summed E-state index contributed by atoms with van der Waals surface area (Å²) in [4.78, 5) is 4.47. The summed E-state index contributed by atoms with van der Waals surface area (Å²) in [5.41, 5.74) is 7.57. The topological polar surface area (TPSA) is 48.1 Å². The van der Waals surface area contributed by atoms with Crippen LogP contribution in [0, 0.1) is 5.92 Å². The Labute approximate surface area is 133 Å². The minimum absolute atomic E-state index is 0.0263. The van der Waals surface area contributed by atoms with Gasteiger partial charge in [-0.15, -0.1) is 0 Å². The van der Waals surface area contributed by atoms with Crippen molar-refractivity contribution in [3.05, 3.63) is 28.5 Å². The van der Waals surface area contributed by atoms with Gasteiger partial charge in [0, 0.05) is 17.3 Å². The molecule has 0 aliphatic carbocycles. The Hall–Kier alpha value is -0.100. The molecule has 20 heavy (non-hydrogen) atoms. The van der Waals surface area contributed by atoms with Gasteiger partial charge in [-0.2, -0.15) is 11.8 Å². The summed E-state index contributed by atoms with van der Waals surface area (Å²) in [6.07, 6.45) is 6.32. The van der Waals surface area contributed by atoms with Crippen molar-refractivity contribution in [1.29, 1.82) is 0 Å². The van der Waals surface area contributed by atoms with Crippen LogP contribution in [0.25, 0.3) is 0 Å². The molecule has 5 heteroatoms. The van der Waals surface area contributed by atoms with Crippen molar-refractivity contribution in [1.82, 2.24) is 4.98 Å². The van der Waals surface area contributed by atoms with Gasteiger partial charge in [-0.3, -0.25) is 4.98 Å². The first-order chi connectivity index (χ1) is 9.69. The van der Waals surface area contributed by atoms with Crippen molar-refractivity contribution in [2.75, 3.05) is 18.1 Å². The number of rotatable bonds is 2. The largest absolute Gasteiger partial charge is 0.375 e. The molecule has 110 valence electrons. The van der Waals surface area contributed by atoms with Crippen LogP contribution in [0.3, 0.4) is 0 Å². The van der Waals surface area contributed by atoms with Crippen molar-refractivity contribution in [3.8, 4) is 0 Å². The van der Waals surface area contributed by atoms with Crippen LogP contribution in [0.2, 0.25) is 0 Å². The molecule has 1 spiro atoms. The summed E-state index contributed by atoms with van der Waals surface area (Å²) in [7, 11) is 0. The standard InChI is InChI=1S/C15H21BrN2OS/c16-12-1-2-13(18-10-12)14(17)11-3-6-19-15(9-11)4-7-20-8-5-15/h1-2,10-11,14H,3-9,17H2. The molecule has 2 fully saturated rings. The van der Waals surface area contributed by atoms with E-state index in [0.29, 0.717) is 5.92 Å². The zero-order valence-corrected chi connectivity index (χ0v) is 14.0. The third-order valence-corrected chi connectivity index (χ3v) is 5.99. The summed E-state index contributed by atoms with van der Waals surface area (Å²) in [5, 5.41) is 0. The smallest absolute Gasteiger partial charge is 0.0701 e. The predicted molar refractivity (Wildman–Crippen MR) is 86.8 cm³/mol. The molecule has 1 aromatic rings. The van der Waals surface area contributed by atoms with E-state index < -0.39 is 0 Å². The molecular formula is C15H21BrN2OS. The molecule has 1 aromatic heterocycles. The molecule has 2 N–H and O–H groups in total. The van der Waals surface area contributed by atoms with E-state index in [1.807, 2.05) is 30.1 Å². The molecule has 0 bridgehead atoms. The van der Waals surface area contributed by atoms with Crippen molar-refractivity contribution >= 4 is 27.7 Å².